The number of rotatable bonds is 6. The summed E-state index contributed by atoms with van der Waals surface area (Å²) in [6, 6.07) is 4.05. The summed E-state index contributed by atoms with van der Waals surface area (Å²) in [5.41, 5.74) is 0. The second-order valence-corrected chi connectivity index (χ2v) is 5.08. The first-order chi connectivity index (χ1) is 7.63. The SMILES string of the molecule is COCCN(CC(C)C)c1ccc(Br)cn1. The van der Waals surface area contributed by atoms with Crippen molar-refractivity contribution in [3.8, 4) is 0 Å². The normalized spacial score (nSPS) is 10.8. The molecular formula is C12H19BrN2O. The number of anilines is 1. The van der Waals surface area contributed by atoms with Crippen LogP contribution in [0.25, 0.3) is 0 Å². The standard InChI is InChI=1S/C12H19BrN2O/c1-10(2)9-15(6-7-16-3)12-5-4-11(13)8-14-12/h4-5,8,10H,6-7,9H2,1-3H3. The van der Waals surface area contributed by atoms with Gasteiger partial charge in [0.25, 0.3) is 0 Å². The Labute approximate surface area is 106 Å². The molecule has 0 bridgehead atoms. The predicted molar refractivity (Wildman–Crippen MR) is 70.9 cm³/mol. The van der Waals surface area contributed by atoms with Crippen LogP contribution in [-0.2, 0) is 4.74 Å². The average Bonchev–Trinajstić information content (AvgIpc) is 2.25. The molecule has 1 aromatic rings. The van der Waals surface area contributed by atoms with Crippen LogP contribution < -0.4 is 4.90 Å². The zero-order valence-corrected chi connectivity index (χ0v) is 11.7. The summed E-state index contributed by atoms with van der Waals surface area (Å²) in [6.45, 7) is 7.02. The molecule has 0 aromatic carbocycles. The van der Waals surface area contributed by atoms with Crippen LogP contribution in [0.3, 0.4) is 0 Å². The summed E-state index contributed by atoms with van der Waals surface area (Å²) in [5.74, 6) is 1.62. The molecule has 0 aliphatic carbocycles. The molecular weight excluding hydrogens is 268 g/mol. The molecule has 0 radical (unpaired) electrons. The molecule has 3 nitrogen and oxygen atoms in total. The minimum atomic E-state index is 0.613. The summed E-state index contributed by atoms with van der Waals surface area (Å²) in [6.07, 6.45) is 1.83. The molecule has 90 valence electrons. The van der Waals surface area contributed by atoms with Gasteiger partial charge >= 0.3 is 0 Å². The van der Waals surface area contributed by atoms with Crippen LogP contribution in [-0.4, -0.2) is 31.8 Å². The lowest BCUT2D eigenvalue weighted by molar-refractivity contribution is 0.204. The second-order valence-electron chi connectivity index (χ2n) is 4.17. The third-order valence-electron chi connectivity index (χ3n) is 2.19. The van der Waals surface area contributed by atoms with Crippen molar-refractivity contribution >= 4 is 21.7 Å². The van der Waals surface area contributed by atoms with Gasteiger partial charge in [-0.05, 0) is 34.0 Å². The number of ether oxygens (including phenoxy) is 1. The Morgan fingerprint density at radius 3 is 2.69 bits per heavy atom. The lowest BCUT2D eigenvalue weighted by atomic mass is 10.2. The molecule has 1 aromatic heterocycles. The van der Waals surface area contributed by atoms with E-state index in [-0.39, 0.29) is 0 Å². The highest BCUT2D eigenvalue weighted by Gasteiger charge is 2.09. The van der Waals surface area contributed by atoms with Gasteiger partial charge in [0.15, 0.2) is 0 Å². The van der Waals surface area contributed by atoms with Crippen LogP contribution in [0, 0.1) is 5.92 Å². The molecule has 0 saturated heterocycles. The first-order valence-corrected chi connectivity index (χ1v) is 6.28. The van der Waals surface area contributed by atoms with Gasteiger partial charge in [0.05, 0.1) is 6.61 Å². The Hall–Kier alpha value is -0.610. The maximum atomic E-state index is 5.12. The fourth-order valence-corrected chi connectivity index (χ4v) is 1.73. The van der Waals surface area contributed by atoms with Gasteiger partial charge < -0.3 is 9.64 Å². The van der Waals surface area contributed by atoms with Crippen molar-refractivity contribution in [1.29, 1.82) is 0 Å². The highest BCUT2D eigenvalue weighted by Crippen LogP contribution is 2.15. The molecule has 0 aliphatic heterocycles. The number of nitrogens with zero attached hydrogens (tertiary/aromatic N) is 2. The zero-order valence-electron chi connectivity index (χ0n) is 10.1. The van der Waals surface area contributed by atoms with Gasteiger partial charge in [-0.1, -0.05) is 13.8 Å². The summed E-state index contributed by atoms with van der Waals surface area (Å²) in [5, 5.41) is 0. The first-order valence-electron chi connectivity index (χ1n) is 5.49. The Bertz CT molecular complexity index is 300. The second kappa shape index (κ2) is 6.86. The number of pyridine rings is 1. The largest absolute Gasteiger partial charge is 0.383 e. The lowest BCUT2D eigenvalue weighted by Gasteiger charge is -2.25. The van der Waals surface area contributed by atoms with Gasteiger partial charge in [-0.25, -0.2) is 4.98 Å². The van der Waals surface area contributed by atoms with E-state index in [4.69, 9.17) is 4.74 Å². The zero-order chi connectivity index (χ0) is 12.0. The number of methoxy groups -OCH3 is 1. The number of hydrogen-bond acceptors (Lipinski definition) is 3. The highest BCUT2D eigenvalue weighted by molar-refractivity contribution is 9.10. The minimum Gasteiger partial charge on any atom is -0.383 e. The van der Waals surface area contributed by atoms with E-state index in [0.29, 0.717) is 5.92 Å². The maximum Gasteiger partial charge on any atom is 0.128 e. The van der Waals surface area contributed by atoms with Gasteiger partial charge in [0.1, 0.15) is 5.82 Å². The van der Waals surface area contributed by atoms with E-state index in [2.05, 4.69) is 39.7 Å². The van der Waals surface area contributed by atoms with Crippen molar-refractivity contribution in [2.24, 2.45) is 5.92 Å². The van der Waals surface area contributed by atoms with Gasteiger partial charge in [-0.2, -0.15) is 0 Å². The van der Waals surface area contributed by atoms with Gasteiger partial charge in [-0.15, -0.1) is 0 Å². The lowest BCUT2D eigenvalue weighted by Crippen LogP contribution is -2.31. The summed E-state index contributed by atoms with van der Waals surface area (Å²) >= 11 is 3.39. The summed E-state index contributed by atoms with van der Waals surface area (Å²) in [4.78, 5) is 6.66. The fourth-order valence-electron chi connectivity index (χ4n) is 1.50. The van der Waals surface area contributed by atoms with Gasteiger partial charge in [0, 0.05) is 30.9 Å². The molecule has 0 aliphatic rings. The van der Waals surface area contributed by atoms with Crippen molar-refractivity contribution in [3.63, 3.8) is 0 Å². The van der Waals surface area contributed by atoms with E-state index in [1.165, 1.54) is 0 Å². The molecule has 1 rings (SSSR count). The fraction of sp³-hybridized carbons (Fsp3) is 0.583. The molecule has 0 spiro atoms. The topological polar surface area (TPSA) is 25.4 Å². The predicted octanol–water partition coefficient (Wildman–Crippen LogP) is 2.95. The molecule has 0 amide bonds. The molecule has 1 heterocycles. The van der Waals surface area contributed by atoms with E-state index in [0.717, 1.165) is 30.0 Å². The van der Waals surface area contributed by atoms with Crippen molar-refractivity contribution in [1.82, 2.24) is 4.98 Å². The molecule has 0 saturated carbocycles. The Morgan fingerprint density at radius 2 is 2.19 bits per heavy atom. The molecule has 16 heavy (non-hydrogen) atoms. The quantitative estimate of drug-likeness (QED) is 0.804. The molecule has 0 atom stereocenters. The monoisotopic (exact) mass is 286 g/mol. The van der Waals surface area contributed by atoms with Crippen molar-refractivity contribution in [2.45, 2.75) is 13.8 Å². The average molecular weight is 287 g/mol. The van der Waals surface area contributed by atoms with Crippen LogP contribution in [0.15, 0.2) is 22.8 Å². The third kappa shape index (κ3) is 4.49. The number of halogens is 1. The highest BCUT2D eigenvalue weighted by atomic mass is 79.9. The van der Waals surface area contributed by atoms with E-state index in [1.807, 2.05) is 18.3 Å². The van der Waals surface area contributed by atoms with Crippen molar-refractivity contribution in [2.75, 3.05) is 31.7 Å². The maximum absolute atomic E-state index is 5.12. The van der Waals surface area contributed by atoms with Crippen LogP contribution in [0.2, 0.25) is 0 Å². The van der Waals surface area contributed by atoms with Crippen LogP contribution >= 0.6 is 15.9 Å². The van der Waals surface area contributed by atoms with Crippen molar-refractivity contribution in [3.05, 3.63) is 22.8 Å². The van der Waals surface area contributed by atoms with E-state index < -0.39 is 0 Å². The minimum absolute atomic E-state index is 0.613. The molecule has 0 unspecified atom stereocenters. The third-order valence-corrected chi connectivity index (χ3v) is 2.66. The van der Waals surface area contributed by atoms with E-state index in [9.17, 15) is 0 Å². The van der Waals surface area contributed by atoms with Gasteiger partial charge in [0.2, 0.25) is 0 Å². The molecule has 4 heteroatoms. The summed E-state index contributed by atoms with van der Waals surface area (Å²) in [7, 11) is 1.72. The van der Waals surface area contributed by atoms with Crippen LogP contribution in [0.4, 0.5) is 5.82 Å². The van der Waals surface area contributed by atoms with E-state index in [1.54, 1.807) is 7.11 Å². The van der Waals surface area contributed by atoms with E-state index >= 15 is 0 Å². The first kappa shape index (κ1) is 13.5. The van der Waals surface area contributed by atoms with Crippen LogP contribution in [0.1, 0.15) is 13.8 Å². The Balaban J connectivity index is 2.70. The van der Waals surface area contributed by atoms with Gasteiger partial charge in [-0.3, -0.25) is 0 Å². The van der Waals surface area contributed by atoms with Crippen molar-refractivity contribution < 1.29 is 4.74 Å². The van der Waals surface area contributed by atoms with Crippen LogP contribution in [0.5, 0.6) is 0 Å². The smallest absolute Gasteiger partial charge is 0.128 e. The number of hydrogen-bond donors (Lipinski definition) is 0. The molecule has 0 fully saturated rings. The number of aromatic nitrogens is 1. The Morgan fingerprint density at radius 1 is 1.44 bits per heavy atom. The Kier molecular flexibility index (Phi) is 5.77. The summed E-state index contributed by atoms with van der Waals surface area (Å²) < 4.78 is 6.13. The molecule has 0 N–H and O–H groups in total.